The van der Waals surface area contributed by atoms with E-state index < -0.39 is 10.0 Å². The van der Waals surface area contributed by atoms with Gasteiger partial charge in [-0.05, 0) is 17.0 Å². The van der Waals surface area contributed by atoms with Gasteiger partial charge < -0.3 is 0 Å². The molecule has 0 spiro atoms. The van der Waals surface area contributed by atoms with E-state index in [1.54, 1.807) is 4.31 Å². The zero-order chi connectivity index (χ0) is 15.2. The Morgan fingerprint density at radius 3 is 2.45 bits per heavy atom. The Balaban J connectivity index is 2.86. The van der Waals surface area contributed by atoms with E-state index in [2.05, 4.69) is 13.8 Å². The lowest BCUT2D eigenvalue weighted by Gasteiger charge is -2.23. The van der Waals surface area contributed by atoms with Gasteiger partial charge in [0, 0.05) is 19.0 Å². The topological polar surface area (TPSA) is 37.4 Å². The number of nitrogens with zero attached hydrogens (tertiary/aromatic N) is 1. The van der Waals surface area contributed by atoms with Crippen LogP contribution in [0.1, 0.15) is 38.3 Å². The van der Waals surface area contributed by atoms with Gasteiger partial charge in [0.1, 0.15) is 0 Å². The predicted octanol–water partition coefficient (Wildman–Crippen LogP) is 3.62. The van der Waals surface area contributed by atoms with Crippen molar-refractivity contribution < 1.29 is 8.42 Å². The number of alkyl halides is 1. The molecular formula is C15H24ClNO2S. The molecule has 0 saturated heterocycles. The maximum absolute atomic E-state index is 12.5. The second-order valence-corrected chi connectivity index (χ2v) is 7.41. The summed E-state index contributed by atoms with van der Waals surface area (Å²) in [4.78, 5) is 0. The van der Waals surface area contributed by atoms with Crippen LogP contribution in [0.5, 0.6) is 0 Å². The molecule has 5 heteroatoms. The first-order valence-electron chi connectivity index (χ1n) is 7.04. The van der Waals surface area contributed by atoms with Crippen LogP contribution in [0.2, 0.25) is 0 Å². The third-order valence-electron chi connectivity index (χ3n) is 3.45. The lowest BCUT2D eigenvalue weighted by atomic mass is 10.1. The Labute approximate surface area is 128 Å². The fourth-order valence-electron chi connectivity index (χ4n) is 2.02. The number of hydrogen-bond acceptors (Lipinski definition) is 2. The van der Waals surface area contributed by atoms with E-state index in [9.17, 15) is 8.42 Å². The molecule has 0 amide bonds. The van der Waals surface area contributed by atoms with E-state index >= 15 is 0 Å². The van der Waals surface area contributed by atoms with E-state index in [1.807, 2.05) is 31.2 Å². The van der Waals surface area contributed by atoms with Crippen LogP contribution in [0, 0.1) is 5.92 Å². The minimum absolute atomic E-state index is 0.0437. The van der Waals surface area contributed by atoms with E-state index in [1.165, 1.54) is 0 Å². The monoisotopic (exact) mass is 317 g/mol. The lowest BCUT2D eigenvalue weighted by Crippen LogP contribution is -2.35. The molecule has 0 aliphatic heterocycles. The van der Waals surface area contributed by atoms with Gasteiger partial charge in [0.15, 0.2) is 0 Å². The molecule has 3 nitrogen and oxygen atoms in total. The third-order valence-corrected chi connectivity index (χ3v) is 5.65. The van der Waals surface area contributed by atoms with Gasteiger partial charge in [0.25, 0.3) is 0 Å². The Bertz CT molecular complexity index is 516. The molecule has 0 bridgehead atoms. The fourth-order valence-corrected chi connectivity index (χ4v) is 3.85. The normalized spacial score (nSPS) is 13.7. The van der Waals surface area contributed by atoms with Crippen LogP contribution < -0.4 is 0 Å². The van der Waals surface area contributed by atoms with Crippen molar-refractivity contribution in [3.05, 3.63) is 35.4 Å². The van der Waals surface area contributed by atoms with Gasteiger partial charge >= 0.3 is 0 Å². The first kappa shape index (κ1) is 17.5. The summed E-state index contributed by atoms with van der Waals surface area (Å²) < 4.78 is 26.5. The van der Waals surface area contributed by atoms with E-state index in [0.29, 0.717) is 24.9 Å². The summed E-state index contributed by atoms with van der Waals surface area (Å²) >= 11 is 5.79. The predicted molar refractivity (Wildman–Crippen MR) is 85.3 cm³/mol. The highest BCUT2D eigenvalue weighted by molar-refractivity contribution is 7.88. The zero-order valence-electron chi connectivity index (χ0n) is 12.5. The van der Waals surface area contributed by atoms with Gasteiger partial charge in [-0.15, -0.1) is 11.6 Å². The number of hydrogen-bond donors (Lipinski definition) is 0. The zero-order valence-corrected chi connectivity index (χ0v) is 14.0. The Kier molecular flexibility index (Phi) is 7.00. The van der Waals surface area contributed by atoms with E-state index in [-0.39, 0.29) is 5.75 Å². The van der Waals surface area contributed by atoms with Crippen LogP contribution in [-0.2, 0) is 21.7 Å². The molecule has 0 saturated carbocycles. The highest BCUT2D eigenvalue weighted by Crippen LogP contribution is 2.16. The molecule has 0 radical (unpaired) electrons. The van der Waals surface area contributed by atoms with Crippen molar-refractivity contribution in [1.29, 1.82) is 0 Å². The molecule has 0 N–H and O–H groups in total. The molecule has 1 unspecified atom stereocenters. The van der Waals surface area contributed by atoms with Gasteiger partial charge in [-0.25, -0.2) is 12.7 Å². The van der Waals surface area contributed by atoms with Crippen molar-refractivity contribution >= 4 is 21.6 Å². The number of halogens is 1. The highest BCUT2D eigenvalue weighted by atomic mass is 35.5. The van der Waals surface area contributed by atoms with Gasteiger partial charge in [-0.3, -0.25) is 0 Å². The summed E-state index contributed by atoms with van der Waals surface area (Å²) in [6.45, 7) is 7.14. The molecule has 1 rings (SSSR count). The summed E-state index contributed by atoms with van der Waals surface area (Å²) in [6, 6.07) is 7.46. The first-order valence-corrected chi connectivity index (χ1v) is 9.18. The van der Waals surface area contributed by atoms with Crippen LogP contribution in [0.15, 0.2) is 24.3 Å². The van der Waals surface area contributed by atoms with Crippen LogP contribution in [0.25, 0.3) is 0 Å². The summed E-state index contributed by atoms with van der Waals surface area (Å²) in [5, 5.41) is 0. The number of sulfonamides is 1. The Morgan fingerprint density at radius 2 is 1.90 bits per heavy atom. The maximum atomic E-state index is 12.5. The summed E-state index contributed by atoms with van der Waals surface area (Å²) in [5.74, 6) is 0.819. The second-order valence-electron chi connectivity index (χ2n) is 5.17. The molecule has 20 heavy (non-hydrogen) atoms. The van der Waals surface area contributed by atoms with E-state index in [4.69, 9.17) is 11.6 Å². The van der Waals surface area contributed by atoms with Crippen LogP contribution >= 0.6 is 11.6 Å². The lowest BCUT2D eigenvalue weighted by molar-refractivity contribution is 0.361. The van der Waals surface area contributed by atoms with Gasteiger partial charge in [0.2, 0.25) is 10.0 Å². The fraction of sp³-hybridized carbons (Fsp3) is 0.600. The van der Waals surface area contributed by atoms with Crippen molar-refractivity contribution in [3.63, 3.8) is 0 Å². The quantitative estimate of drug-likeness (QED) is 0.687. The standard InChI is InChI=1S/C15H24ClNO2S/c1-4-13(3)11-17(5-2)20(18,19)12-15-8-6-7-14(9-15)10-16/h6-9,13H,4-5,10-12H2,1-3H3. The van der Waals surface area contributed by atoms with Crippen molar-refractivity contribution in [2.75, 3.05) is 13.1 Å². The minimum atomic E-state index is -3.27. The smallest absolute Gasteiger partial charge is 0.212 e. The molecule has 1 aromatic rings. The number of rotatable bonds is 8. The maximum Gasteiger partial charge on any atom is 0.218 e. The average Bonchev–Trinajstić information content (AvgIpc) is 2.43. The molecule has 1 atom stereocenters. The second kappa shape index (κ2) is 8.01. The highest BCUT2D eigenvalue weighted by Gasteiger charge is 2.22. The van der Waals surface area contributed by atoms with Crippen LogP contribution in [-0.4, -0.2) is 25.8 Å². The average molecular weight is 318 g/mol. The molecule has 0 aromatic heterocycles. The Hall–Kier alpha value is -0.580. The summed E-state index contributed by atoms with van der Waals surface area (Å²) in [7, 11) is -3.27. The Morgan fingerprint density at radius 1 is 1.25 bits per heavy atom. The molecule has 0 fully saturated rings. The molecular weight excluding hydrogens is 294 g/mol. The van der Waals surface area contributed by atoms with Gasteiger partial charge in [0.05, 0.1) is 5.75 Å². The summed E-state index contributed by atoms with van der Waals surface area (Å²) in [5.41, 5.74) is 1.75. The summed E-state index contributed by atoms with van der Waals surface area (Å²) in [6.07, 6.45) is 0.980. The van der Waals surface area contributed by atoms with Gasteiger partial charge in [-0.1, -0.05) is 51.5 Å². The van der Waals surface area contributed by atoms with Crippen molar-refractivity contribution in [3.8, 4) is 0 Å². The largest absolute Gasteiger partial charge is 0.218 e. The van der Waals surface area contributed by atoms with Crippen LogP contribution in [0.4, 0.5) is 0 Å². The molecule has 0 heterocycles. The molecule has 0 aliphatic carbocycles. The molecule has 1 aromatic carbocycles. The van der Waals surface area contributed by atoms with Crippen molar-refractivity contribution in [2.24, 2.45) is 5.92 Å². The molecule has 114 valence electrons. The number of benzene rings is 1. The first-order chi connectivity index (χ1) is 9.42. The van der Waals surface area contributed by atoms with Crippen molar-refractivity contribution in [2.45, 2.75) is 38.8 Å². The van der Waals surface area contributed by atoms with E-state index in [0.717, 1.165) is 17.5 Å². The van der Waals surface area contributed by atoms with Crippen molar-refractivity contribution in [1.82, 2.24) is 4.31 Å². The third kappa shape index (κ3) is 5.08. The molecule has 0 aliphatic rings. The SMILES string of the molecule is CCC(C)CN(CC)S(=O)(=O)Cc1cccc(CCl)c1. The van der Waals surface area contributed by atoms with Gasteiger partial charge in [-0.2, -0.15) is 0 Å². The van der Waals surface area contributed by atoms with Crippen LogP contribution in [0.3, 0.4) is 0 Å². The minimum Gasteiger partial charge on any atom is -0.212 e.